The zero-order valence-corrected chi connectivity index (χ0v) is 16.4. The first kappa shape index (κ1) is 20.2. The van der Waals surface area contributed by atoms with Crippen LogP contribution in [0.5, 0.6) is 0 Å². The van der Waals surface area contributed by atoms with Gasteiger partial charge in [0.05, 0.1) is 11.5 Å². The molecule has 0 radical (unpaired) electrons. The molecule has 4 rings (SSSR count). The molecule has 0 aromatic heterocycles. The quantitative estimate of drug-likeness (QED) is 0.288. The molecule has 1 aliphatic heterocycles. The van der Waals surface area contributed by atoms with Crippen molar-refractivity contribution in [2.24, 2.45) is 0 Å². The number of hydrogen-bond acceptors (Lipinski definition) is 6. The summed E-state index contributed by atoms with van der Waals surface area (Å²) in [4.78, 5) is 8.31. The highest BCUT2D eigenvalue weighted by molar-refractivity contribution is 5.96. The molecule has 7 nitrogen and oxygen atoms in total. The van der Waals surface area contributed by atoms with Crippen molar-refractivity contribution >= 4 is 21.9 Å². The fraction of sp³-hybridized carbons (Fsp3) is 0.200. The second-order valence-corrected chi connectivity index (χ2v) is 7.10. The lowest BCUT2D eigenvalue weighted by atomic mass is 10.0. The van der Waals surface area contributed by atoms with Crippen LogP contribution in [0.2, 0.25) is 0 Å². The van der Waals surface area contributed by atoms with Crippen LogP contribution >= 0.6 is 0 Å². The highest BCUT2D eigenvalue weighted by Gasteiger charge is 2.16. The van der Waals surface area contributed by atoms with Gasteiger partial charge in [-0.15, -0.1) is 10.2 Å². The molecule has 2 aromatic rings. The summed E-state index contributed by atoms with van der Waals surface area (Å²) in [5.74, 6) is 0.815. The predicted octanol–water partition coefficient (Wildman–Crippen LogP) is -2.05. The Kier molecular flexibility index (Phi) is 5.64. The Morgan fingerprint density at radius 2 is 1.57 bits per heavy atom. The number of rotatable bonds is 1. The van der Waals surface area contributed by atoms with Gasteiger partial charge in [-0.3, -0.25) is 0 Å². The van der Waals surface area contributed by atoms with E-state index in [9.17, 15) is 0 Å². The van der Waals surface area contributed by atoms with Crippen LogP contribution in [-0.4, -0.2) is 11.5 Å². The fourth-order valence-corrected chi connectivity index (χ4v) is 3.05. The SMILES string of the molecule is CC[NH+]=c1cc2oc3cc(C)c(C)cc3nc-2c2ccccc12.[O-][Cl+3]([O-])([O-])[O-]. The lowest BCUT2D eigenvalue weighted by molar-refractivity contribution is -2.00. The summed E-state index contributed by atoms with van der Waals surface area (Å²) in [5.41, 5.74) is 5.10. The molecule has 146 valence electrons. The predicted molar refractivity (Wildman–Crippen MR) is 92.2 cm³/mol. The molecular weight excluding hydrogens is 384 g/mol. The Morgan fingerprint density at radius 3 is 2.21 bits per heavy atom. The Balaban J connectivity index is 0.000000403. The van der Waals surface area contributed by atoms with E-state index >= 15 is 0 Å². The largest absolute Gasteiger partial charge is 0.453 e. The van der Waals surface area contributed by atoms with Crippen LogP contribution in [0.15, 0.2) is 46.9 Å². The number of nitrogens with one attached hydrogen (secondary N) is 1. The summed E-state index contributed by atoms with van der Waals surface area (Å²) < 4.78 is 40.1. The standard InChI is InChI=1S/C20H18N2O.ClHO4/c1-4-21-16-11-19-20(15-8-6-5-7-14(15)16)22-17-9-12(2)13(3)10-18(17)23-19;2-1(3,4)5/h5-11H,4H2,1-3H3;(H,2,3,4,5). The zero-order valence-electron chi connectivity index (χ0n) is 15.6. The van der Waals surface area contributed by atoms with Gasteiger partial charge < -0.3 is 4.42 Å². The summed E-state index contributed by atoms with van der Waals surface area (Å²) in [6.07, 6.45) is 0. The highest BCUT2D eigenvalue weighted by atomic mass is 35.7. The third kappa shape index (κ3) is 4.46. The van der Waals surface area contributed by atoms with Crippen LogP contribution in [0, 0.1) is 24.1 Å². The van der Waals surface area contributed by atoms with E-state index in [2.05, 4.69) is 62.2 Å². The third-order valence-electron chi connectivity index (χ3n) is 4.38. The van der Waals surface area contributed by atoms with Gasteiger partial charge in [0.1, 0.15) is 17.8 Å². The van der Waals surface area contributed by atoms with Gasteiger partial charge in [-0.25, -0.2) is 28.6 Å². The third-order valence-corrected chi connectivity index (χ3v) is 4.38. The highest BCUT2D eigenvalue weighted by Crippen LogP contribution is 2.30. The molecule has 1 N–H and O–H groups in total. The summed E-state index contributed by atoms with van der Waals surface area (Å²) in [7, 11) is -4.94. The lowest BCUT2D eigenvalue weighted by Gasteiger charge is -2.17. The molecule has 0 fully saturated rings. The number of halogens is 1. The molecule has 0 saturated heterocycles. The monoisotopic (exact) mass is 402 g/mol. The first-order chi connectivity index (χ1) is 13.2. The first-order valence-corrected chi connectivity index (χ1v) is 9.83. The van der Waals surface area contributed by atoms with E-state index in [1.807, 2.05) is 6.07 Å². The van der Waals surface area contributed by atoms with Gasteiger partial charge >= 0.3 is 0 Å². The summed E-state index contributed by atoms with van der Waals surface area (Å²) in [6.45, 7) is 7.17. The number of aryl methyl sites for hydroxylation is 2. The van der Waals surface area contributed by atoms with Crippen LogP contribution in [0.25, 0.3) is 33.3 Å². The second-order valence-electron chi connectivity index (χ2n) is 6.34. The van der Waals surface area contributed by atoms with Crippen LogP contribution in [0.3, 0.4) is 0 Å². The molecule has 0 amide bonds. The Hall–Kier alpha value is -2.55. The molecule has 0 saturated carbocycles. The van der Waals surface area contributed by atoms with Crippen molar-refractivity contribution in [1.82, 2.24) is 4.98 Å². The minimum Gasteiger partial charge on any atom is -0.453 e. The molecule has 0 unspecified atom stereocenters. The van der Waals surface area contributed by atoms with Crippen LogP contribution in [-0.2, 0) is 0 Å². The average molecular weight is 403 g/mol. The number of nitrogens with zero attached hydrogens (tertiary/aromatic N) is 1. The smallest absolute Gasteiger partial charge is 0.210 e. The van der Waals surface area contributed by atoms with Gasteiger partial charge in [-0.2, -0.15) is 0 Å². The van der Waals surface area contributed by atoms with Crippen LogP contribution in [0.4, 0.5) is 0 Å². The minimum absolute atomic E-state index is 0.815. The maximum atomic E-state index is 8.49. The number of fused-ring (bicyclic) bond motifs is 4. The number of benzene rings is 3. The van der Waals surface area contributed by atoms with Crippen molar-refractivity contribution in [1.29, 1.82) is 0 Å². The van der Waals surface area contributed by atoms with Crippen LogP contribution < -0.4 is 29.0 Å². The summed E-state index contributed by atoms with van der Waals surface area (Å²) in [5, 5.41) is 3.38. The molecule has 0 bridgehead atoms. The Morgan fingerprint density at radius 1 is 0.964 bits per heavy atom. The van der Waals surface area contributed by atoms with E-state index in [1.54, 1.807) is 0 Å². The first-order valence-electron chi connectivity index (χ1n) is 8.59. The van der Waals surface area contributed by atoms with Gasteiger partial charge in [-0.05, 0) is 50.1 Å². The molecule has 2 aromatic carbocycles. The minimum atomic E-state index is -4.94. The van der Waals surface area contributed by atoms with Crippen LogP contribution in [0.1, 0.15) is 18.1 Å². The molecule has 0 spiro atoms. The maximum absolute atomic E-state index is 8.49. The number of aromatic nitrogens is 1. The maximum Gasteiger partial charge on any atom is 0.210 e. The van der Waals surface area contributed by atoms with Gasteiger partial charge in [0.15, 0.2) is 11.3 Å². The molecule has 1 heterocycles. The van der Waals surface area contributed by atoms with Crippen molar-refractivity contribution in [3.05, 3.63) is 58.9 Å². The van der Waals surface area contributed by atoms with Crippen molar-refractivity contribution in [2.45, 2.75) is 20.8 Å². The summed E-state index contributed by atoms with van der Waals surface area (Å²) in [6, 6.07) is 14.6. The molecule has 2 aliphatic rings. The van der Waals surface area contributed by atoms with E-state index in [-0.39, 0.29) is 0 Å². The van der Waals surface area contributed by atoms with Crippen molar-refractivity contribution in [2.75, 3.05) is 6.54 Å². The summed E-state index contributed by atoms with van der Waals surface area (Å²) >= 11 is 0. The van der Waals surface area contributed by atoms with Crippen molar-refractivity contribution < 1.29 is 38.3 Å². The van der Waals surface area contributed by atoms with E-state index in [1.165, 1.54) is 16.5 Å². The second kappa shape index (κ2) is 7.83. The van der Waals surface area contributed by atoms with Gasteiger partial charge in [0, 0.05) is 5.39 Å². The van der Waals surface area contributed by atoms with Gasteiger partial charge in [-0.1, -0.05) is 18.2 Å². The molecule has 0 atom stereocenters. The topological polar surface area (TPSA) is 132 Å². The van der Waals surface area contributed by atoms with Crippen molar-refractivity contribution in [3.63, 3.8) is 0 Å². The van der Waals surface area contributed by atoms with E-state index in [0.717, 1.165) is 39.8 Å². The zero-order chi connectivity index (χ0) is 20.5. The average Bonchev–Trinajstić information content (AvgIpc) is 2.61. The Labute approximate surface area is 163 Å². The number of hydrogen-bond donors (Lipinski definition) is 1. The van der Waals surface area contributed by atoms with E-state index in [0.29, 0.717) is 0 Å². The van der Waals surface area contributed by atoms with E-state index in [4.69, 9.17) is 28.0 Å². The molecule has 1 aliphatic carbocycles. The van der Waals surface area contributed by atoms with E-state index < -0.39 is 10.2 Å². The molecular formula is C20H19ClN2O5. The Bertz CT molecular complexity index is 1170. The van der Waals surface area contributed by atoms with Gasteiger partial charge in [0.25, 0.3) is 0 Å². The molecule has 8 heteroatoms. The molecule has 28 heavy (non-hydrogen) atoms. The van der Waals surface area contributed by atoms with Crippen molar-refractivity contribution in [3.8, 4) is 11.5 Å². The lowest BCUT2D eigenvalue weighted by Crippen LogP contribution is -2.76. The van der Waals surface area contributed by atoms with Gasteiger partial charge in [0.2, 0.25) is 5.36 Å². The normalized spacial score (nSPS) is 12.5. The fourth-order valence-electron chi connectivity index (χ4n) is 3.05.